The number of imide groups is 1. The van der Waals surface area contributed by atoms with Crippen molar-refractivity contribution in [3.63, 3.8) is 0 Å². The molecule has 1 fully saturated rings. The molecule has 1 saturated heterocycles. The van der Waals surface area contributed by atoms with Crippen molar-refractivity contribution < 1.29 is 27.5 Å². The van der Waals surface area contributed by atoms with E-state index >= 15 is 0 Å². The zero-order valence-electron chi connectivity index (χ0n) is 16.1. The van der Waals surface area contributed by atoms with Gasteiger partial charge in [-0.3, -0.25) is 10.1 Å². The molecule has 0 aromatic heterocycles. The van der Waals surface area contributed by atoms with Gasteiger partial charge in [-0.05, 0) is 37.1 Å². The summed E-state index contributed by atoms with van der Waals surface area (Å²) in [5.74, 6) is -1.59. The van der Waals surface area contributed by atoms with Gasteiger partial charge < -0.3 is 10.1 Å². The normalized spacial score (nSPS) is 15.0. The molecule has 0 bridgehead atoms. The zero-order valence-corrected chi connectivity index (χ0v) is 16.9. The van der Waals surface area contributed by atoms with Gasteiger partial charge in [0.15, 0.2) is 6.61 Å². The second-order valence-corrected chi connectivity index (χ2v) is 8.40. The maximum absolute atomic E-state index is 12.7. The number of sulfonamides is 1. The van der Waals surface area contributed by atoms with Crippen LogP contribution in [0.1, 0.15) is 36.0 Å². The molecule has 0 unspecified atom stereocenters. The Balaban J connectivity index is 1.91. The van der Waals surface area contributed by atoms with Gasteiger partial charge in [0, 0.05) is 19.6 Å². The minimum atomic E-state index is -3.61. The molecule has 0 radical (unpaired) electrons. The Morgan fingerprint density at radius 2 is 1.69 bits per heavy atom. The van der Waals surface area contributed by atoms with E-state index in [9.17, 15) is 22.8 Å². The van der Waals surface area contributed by atoms with Crippen LogP contribution in [0.15, 0.2) is 41.8 Å². The number of carbonyl (C=O) groups is 3. The topological polar surface area (TPSA) is 122 Å². The number of hydrogen-bond acceptors (Lipinski definition) is 6. The molecule has 158 valence electrons. The number of ether oxygens (including phenoxy) is 1. The van der Waals surface area contributed by atoms with Gasteiger partial charge in [-0.25, -0.2) is 18.0 Å². The molecule has 0 spiro atoms. The molecule has 9 nitrogen and oxygen atoms in total. The lowest BCUT2D eigenvalue weighted by Crippen LogP contribution is -2.41. The lowest BCUT2D eigenvalue weighted by molar-refractivity contribution is -0.123. The van der Waals surface area contributed by atoms with Crippen molar-refractivity contribution in [2.75, 3.05) is 26.2 Å². The van der Waals surface area contributed by atoms with Crippen molar-refractivity contribution in [3.05, 3.63) is 42.5 Å². The minimum Gasteiger partial charge on any atom is -0.452 e. The lowest BCUT2D eigenvalue weighted by atomic mass is 10.2. The van der Waals surface area contributed by atoms with Gasteiger partial charge in [0.25, 0.3) is 5.91 Å². The van der Waals surface area contributed by atoms with E-state index in [4.69, 9.17) is 4.74 Å². The number of carbonyl (C=O) groups excluding carboxylic acids is 3. The molecule has 3 amide bonds. The number of amides is 3. The first kappa shape index (κ1) is 22.6. The third-order valence-corrected chi connectivity index (χ3v) is 6.20. The standard InChI is InChI=1S/C19H25N3O6S/c1-2-11-20-19(25)21-17(23)14-28-18(24)15-7-9-16(10-8-15)29(26,27)22-12-5-3-4-6-13-22/h2,7-10H,1,3-6,11-14H2,(H2,20,21,23,25). The van der Waals surface area contributed by atoms with Gasteiger partial charge in [-0.2, -0.15) is 4.31 Å². The van der Waals surface area contributed by atoms with Gasteiger partial charge in [0.1, 0.15) is 0 Å². The first-order valence-electron chi connectivity index (χ1n) is 9.30. The number of nitrogens with zero attached hydrogens (tertiary/aromatic N) is 1. The van der Waals surface area contributed by atoms with Gasteiger partial charge in [0.05, 0.1) is 10.5 Å². The highest BCUT2D eigenvalue weighted by Gasteiger charge is 2.25. The van der Waals surface area contributed by atoms with E-state index in [0.29, 0.717) is 13.1 Å². The molecule has 1 aliphatic heterocycles. The largest absolute Gasteiger partial charge is 0.452 e. The summed E-state index contributed by atoms with van der Waals surface area (Å²) in [6.45, 7) is 3.94. The predicted octanol–water partition coefficient (Wildman–Crippen LogP) is 1.42. The molecule has 1 aliphatic rings. The number of nitrogens with one attached hydrogen (secondary N) is 2. The molecule has 29 heavy (non-hydrogen) atoms. The molecule has 1 aromatic rings. The quantitative estimate of drug-likeness (QED) is 0.505. The second-order valence-electron chi connectivity index (χ2n) is 6.47. The van der Waals surface area contributed by atoms with Crippen molar-refractivity contribution in [3.8, 4) is 0 Å². The van der Waals surface area contributed by atoms with Crippen LogP contribution in [0.25, 0.3) is 0 Å². The van der Waals surface area contributed by atoms with Crippen LogP contribution in [0.5, 0.6) is 0 Å². The zero-order chi connectivity index (χ0) is 21.3. The van der Waals surface area contributed by atoms with E-state index in [1.165, 1.54) is 34.6 Å². The molecule has 0 saturated carbocycles. The summed E-state index contributed by atoms with van der Waals surface area (Å²) in [7, 11) is -3.61. The van der Waals surface area contributed by atoms with E-state index in [1.807, 2.05) is 5.32 Å². The molecule has 1 aromatic carbocycles. The monoisotopic (exact) mass is 423 g/mol. The van der Waals surface area contributed by atoms with Crippen LogP contribution in [-0.4, -0.2) is 56.9 Å². The average Bonchev–Trinajstić information content (AvgIpc) is 3.00. The number of esters is 1. The molecule has 1 heterocycles. The van der Waals surface area contributed by atoms with Crippen molar-refractivity contribution >= 4 is 27.9 Å². The smallest absolute Gasteiger partial charge is 0.338 e. The molecule has 2 rings (SSSR count). The first-order chi connectivity index (χ1) is 13.8. The molecule has 0 atom stereocenters. The van der Waals surface area contributed by atoms with E-state index in [-0.39, 0.29) is 17.0 Å². The molecule has 2 N–H and O–H groups in total. The van der Waals surface area contributed by atoms with Gasteiger partial charge in [-0.1, -0.05) is 18.9 Å². The maximum Gasteiger partial charge on any atom is 0.338 e. The lowest BCUT2D eigenvalue weighted by Gasteiger charge is -2.19. The Hall–Kier alpha value is -2.72. The molecular weight excluding hydrogens is 398 g/mol. The van der Waals surface area contributed by atoms with Crippen LogP contribution in [-0.2, 0) is 19.6 Å². The van der Waals surface area contributed by atoms with E-state index in [1.54, 1.807) is 0 Å². The van der Waals surface area contributed by atoms with E-state index in [0.717, 1.165) is 25.7 Å². The van der Waals surface area contributed by atoms with Crippen molar-refractivity contribution in [2.24, 2.45) is 0 Å². The first-order valence-corrected chi connectivity index (χ1v) is 10.7. The molecular formula is C19H25N3O6S. The van der Waals surface area contributed by atoms with Crippen LogP contribution in [0.3, 0.4) is 0 Å². The Labute approximate surface area is 170 Å². The third kappa shape index (κ3) is 6.68. The predicted molar refractivity (Wildman–Crippen MR) is 106 cm³/mol. The highest BCUT2D eigenvalue weighted by molar-refractivity contribution is 7.89. The highest BCUT2D eigenvalue weighted by Crippen LogP contribution is 2.20. The summed E-state index contributed by atoms with van der Waals surface area (Å²) in [6, 6.07) is 4.64. The number of rotatable bonds is 7. The molecule has 0 aliphatic carbocycles. The highest BCUT2D eigenvalue weighted by atomic mass is 32.2. The number of benzene rings is 1. The summed E-state index contributed by atoms with van der Waals surface area (Å²) >= 11 is 0. The number of urea groups is 1. The van der Waals surface area contributed by atoms with Gasteiger partial charge >= 0.3 is 12.0 Å². The van der Waals surface area contributed by atoms with E-state index in [2.05, 4.69) is 11.9 Å². The van der Waals surface area contributed by atoms with Crippen LogP contribution in [0.2, 0.25) is 0 Å². The van der Waals surface area contributed by atoms with Gasteiger partial charge in [-0.15, -0.1) is 6.58 Å². The minimum absolute atomic E-state index is 0.101. The Morgan fingerprint density at radius 3 is 2.28 bits per heavy atom. The van der Waals surface area contributed by atoms with E-state index < -0.39 is 34.5 Å². The second kappa shape index (κ2) is 10.7. The summed E-state index contributed by atoms with van der Waals surface area (Å²) < 4.78 is 31.8. The fraction of sp³-hybridized carbons (Fsp3) is 0.421. The third-order valence-electron chi connectivity index (χ3n) is 4.29. The van der Waals surface area contributed by atoms with Crippen LogP contribution in [0, 0.1) is 0 Å². The average molecular weight is 423 g/mol. The van der Waals surface area contributed by atoms with Crippen LogP contribution < -0.4 is 10.6 Å². The Morgan fingerprint density at radius 1 is 1.07 bits per heavy atom. The summed E-state index contributed by atoms with van der Waals surface area (Å²) in [4.78, 5) is 35.0. The fourth-order valence-electron chi connectivity index (χ4n) is 2.78. The van der Waals surface area contributed by atoms with Crippen molar-refractivity contribution in [1.29, 1.82) is 0 Å². The van der Waals surface area contributed by atoms with Gasteiger partial charge in [0.2, 0.25) is 10.0 Å². The SMILES string of the molecule is C=CCNC(=O)NC(=O)COC(=O)c1ccc(S(=O)(=O)N2CCCCCC2)cc1. The summed E-state index contributed by atoms with van der Waals surface area (Å²) in [6.07, 6.45) is 5.13. The molecule has 10 heteroatoms. The van der Waals surface area contributed by atoms with Crippen LogP contribution in [0.4, 0.5) is 4.79 Å². The van der Waals surface area contributed by atoms with Crippen molar-refractivity contribution in [2.45, 2.75) is 30.6 Å². The summed E-state index contributed by atoms with van der Waals surface area (Å²) in [5.41, 5.74) is 0.101. The summed E-state index contributed by atoms with van der Waals surface area (Å²) in [5, 5.41) is 4.34. The van der Waals surface area contributed by atoms with Crippen molar-refractivity contribution in [1.82, 2.24) is 14.9 Å². The fourth-order valence-corrected chi connectivity index (χ4v) is 4.30. The number of hydrogen-bond donors (Lipinski definition) is 2. The Bertz CT molecular complexity index is 843. The Kier molecular flexibility index (Phi) is 8.34. The van der Waals surface area contributed by atoms with Crippen LogP contribution >= 0.6 is 0 Å². The maximum atomic E-state index is 12.7.